The largest absolute Gasteiger partial charge is 0.349 e. The Morgan fingerprint density at radius 1 is 1.19 bits per heavy atom. The molecule has 0 aliphatic rings. The Kier molecular flexibility index (Phi) is 4.94. The topological polar surface area (TPSA) is 77.8 Å². The normalized spacial score (nSPS) is 12.1. The second kappa shape index (κ2) is 7.17. The average Bonchev–Trinajstić information content (AvgIpc) is 2.57. The zero-order valence-electron chi connectivity index (χ0n) is 13.7. The number of halogens is 2. The van der Waals surface area contributed by atoms with Crippen molar-refractivity contribution in [1.29, 1.82) is 0 Å². The molecule has 1 unspecified atom stereocenters. The number of amides is 1. The van der Waals surface area contributed by atoms with Gasteiger partial charge >= 0.3 is 0 Å². The van der Waals surface area contributed by atoms with Gasteiger partial charge in [0.1, 0.15) is 11.6 Å². The molecule has 0 aliphatic heterocycles. The predicted octanol–water partition coefficient (Wildman–Crippen LogP) is 3.22. The van der Waals surface area contributed by atoms with Gasteiger partial charge in [-0.1, -0.05) is 6.07 Å². The van der Waals surface area contributed by atoms with Crippen molar-refractivity contribution in [2.75, 3.05) is 0 Å². The third kappa shape index (κ3) is 3.70. The Labute approximate surface area is 152 Å². The number of carbonyl (C=O) groups excluding carboxylic acids is 1. The molecule has 134 valence electrons. The zero-order valence-corrected chi connectivity index (χ0v) is 14.5. The lowest BCUT2D eigenvalue weighted by atomic mass is 10.0. The fraction of sp³-hybridized carbons (Fsp3) is 0.167. The van der Waals surface area contributed by atoms with E-state index >= 15 is 0 Å². The predicted molar refractivity (Wildman–Crippen MR) is 96.7 cm³/mol. The summed E-state index contributed by atoms with van der Waals surface area (Å²) in [6, 6.07) is 7.66. The minimum Gasteiger partial charge on any atom is -0.349 e. The number of fused-ring (bicyclic) bond motifs is 1. The Balaban J connectivity index is 1.80. The summed E-state index contributed by atoms with van der Waals surface area (Å²) in [7, 11) is 0. The summed E-state index contributed by atoms with van der Waals surface area (Å²) in [6.07, 6.45) is 0.0138. The van der Waals surface area contributed by atoms with Crippen LogP contribution in [0.2, 0.25) is 0 Å². The number of hydrogen-bond donors (Lipinski definition) is 3. The van der Waals surface area contributed by atoms with Crippen LogP contribution in [0, 0.1) is 16.4 Å². The highest BCUT2D eigenvalue weighted by Gasteiger charge is 2.16. The average molecular weight is 375 g/mol. The van der Waals surface area contributed by atoms with E-state index in [9.17, 15) is 18.4 Å². The molecule has 3 rings (SSSR count). The summed E-state index contributed by atoms with van der Waals surface area (Å²) < 4.78 is 27.6. The van der Waals surface area contributed by atoms with E-state index in [1.807, 2.05) is 0 Å². The number of nitrogens with one attached hydrogen (secondary N) is 3. The maximum atomic E-state index is 13.7. The van der Waals surface area contributed by atoms with Gasteiger partial charge in [-0.15, -0.1) is 0 Å². The molecule has 0 spiro atoms. The van der Waals surface area contributed by atoms with Crippen molar-refractivity contribution in [3.8, 4) is 0 Å². The summed E-state index contributed by atoms with van der Waals surface area (Å²) in [6.45, 7) is 1.66. The number of aromatic amines is 2. The van der Waals surface area contributed by atoms with Crippen LogP contribution in [0.3, 0.4) is 0 Å². The fourth-order valence-corrected chi connectivity index (χ4v) is 2.91. The summed E-state index contributed by atoms with van der Waals surface area (Å²) >= 11 is 4.92. The Bertz CT molecular complexity index is 1090. The maximum absolute atomic E-state index is 13.7. The minimum absolute atomic E-state index is 0.0138. The van der Waals surface area contributed by atoms with Crippen molar-refractivity contribution in [3.63, 3.8) is 0 Å². The van der Waals surface area contributed by atoms with Gasteiger partial charge in [0.15, 0.2) is 4.77 Å². The number of benzene rings is 2. The minimum atomic E-state index is -0.649. The highest BCUT2D eigenvalue weighted by molar-refractivity contribution is 7.71. The van der Waals surface area contributed by atoms with Crippen LogP contribution in [0.4, 0.5) is 8.78 Å². The van der Waals surface area contributed by atoms with E-state index in [0.717, 1.165) is 0 Å². The molecule has 0 aliphatic carbocycles. The van der Waals surface area contributed by atoms with E-state index in [1.54, 1.807) is 6.92 Å². The Hall–Kier alpha value is -2.87. The maximum Gasteiger partial charge on any atom is 0.259 e. The van der Waals surface area contributed by atoms with Gasteiger partial charge in [0.25, 0.3) is 11.5 Å². The van der Waals surface area contributed by atoms with Crippen LogP contribution < -0.4 is 10.9 Å². The first-order valence-corrected chi connectivity index (χ1v) is 8.26. The monoisotopic (exact) mass is 375 g/mol. The van der Waals surface area contributed by atoms with E-state index in [0.29, 0.717) is 16.5 Å². The standard InChI is InChI=1S/C18H15F2N3O2S/c1-9(7-12-13(19)3-2-4-14(12)20)21-16(24)10-5-6-11-15(8-10)22-18(26)23-17(11)25/h2-6,8-9H,7H2,1H3,(H,21,24)(H2,22,23,25,26). The van der Waals surface area contributed by atoms with Crippen LogP contribution in [0.5, 0.6) is 0 Å². The zero-order chi connectivity index (χ0) is 18.8. The van der Waals surface area contributed by atoms with Crippen molar-refractivity contribution in [2.24, 2.45) is 0 Å². The molecule has 26 heavy (non-hydrogen) atoms. The van der Waals surface area contributed by atoms with E-state index in [-0.39, 0.29) is 22.3 Å². The van der Waals surface area contributed by atoms with Crippen LogP contribution >= 0.6 is 12.2 Å². The molecule has 2 aromatic carbocycles. The smallest absolute Gasteiger partial charge is 0.259 e. The van der Waals surface area contributed by atoms with Gasteiger partial charge in [0, 0.05) is 17.2 Å². The SMILES string of the molecule is CC(Cc1c(F)cccc1F)NC(=O)c1ccc2c(=O)[nH]c(=S)[nH]c2c1. The number of aromatic nitrogens is 2. The number of carbonyl (C=O) groups is 1. The summed E-state index contributed by atoms with van der Waals surface area (Å²) in [5, 5.41) is 3.07. The van der Waals surface area contributed by atoms with Gasteiger partial charge in [0.05, 0.1) is 10.9 Å². The molecule has 1 heterocycles. The molecular formula is C18H15F2N3O2S. The molecule has 1 atom stereocenters. The summed E-state index contributed by atoms with van der Waals surface area (Å²) in [4.78, 5) is 29.5. The summed E-state index contributed by atoms with van der Waals surface area (Å²) in [5.41, 5.74) is 0.308. The lowest BCUT2D eigenvalue weighted by molar-refractivity contribution is 0.0939. The molecule has 0 radical (unpaired) electrons. The molecule has 0 bridgehead atoms. The molecule has 3 N–H and O–H groups in total. The Morgan fingerprint density at radius 3 is 2.58 bits per heavy atom. The van der Waals surface area contributed by atoms with Gasteiger partial charge in [-0.05, 0) is 55.9 Å². The molecule has 1 amide bonds. The third-order valence-corrected chi connectivity index (χ3v) is 4.16. The number of rotatable bonds is 4. The van der Waals surface area contributed by atoms with Gasteiger partial charge < -0.3 is 10.3 Å². The summed E-state index contributed by atoms with van der Waals surface area (Å²) in [5.74, 6) is -1.72. The first kappa shape index (κ1) is 17.9. The van der Waals surface area contributed by atoms with E-state index in [4.69, 9.17) is 12.2 Å². The van der Waals surface area contributed by atoms with Crippen molar-refractivity contribution in [1.82, 2.24) is 15.3 Å². The lowest BCUT2D eigenvalue weighted by Crippen LogP contribution is -2.34. The Morgan fingerprint density at radius 2 is 1.88 bits per heavy atom. The molecule has 0 fully saturated rings. The third-order valence-electron chi connectivity index (χ3n) is 3.95. The van der Waals surface area contributed by atoms with Crippen molar-refractivity contribution in [3.05, 3.63) is 74.3 Å². The second-order valence-electron chi connectivity index (χ2n) is 5.95. The highest BCUT2D eigenvalue weighted by Crippen LogP contribution is 2.15. The molecule has 0 saturated heterocycles. The van der Waals surface area contributed by atoms with Crippen LogP contribution in [0.1, 0.15) is 22.8 Å². The van der Waals surface area contributed by atoms with Crippen LogP contribution in [0.15, 0.2) is 41.2 Å². The van der Waals surface area contributed by atoms with E-state index in [1.165, 1.54) is 36.4 Å². The quantitative estimate of drug-likeness (QED) is 0.613. The van der Waals surface area contributed by atoms with Crippen molar-refractivity contribution < 1.29 is 13.6 Å². The molecule has 3 aromatic rings. The van der Waals surface area contributed by atoms with Gasteiger partial charge in [-0.25, -0.2) is 8.78 Å². The van der Waals surface area contributed by atoms with Crippen LogP contribution in [0.25, 0.3) is 10.9 Å². The van der Waals surface area contributed by atoms with Gasteiger partial charge in [-0.3, -0.25) is 14.6 Å². The van der Waals surface area contributed by atoms with Crippen molar-refractivity contribution >= 4 is 29.0 Å². The number of H-pyrrole nitrogens is 2. The molecule has 8 heteroatoms. The fourth-order valence-electron chi connectivity index (χ4n) is 2.70. The van der Waals surface area contributed by atoms with Crippen molar-refractivity contribution in [2.45, 2.75) is 19.4 Å². The van der Waals surface area contributed by atoms with E-state index in [2.05, 4.69) is 15.3 Å². The molecule has 1 aromatic heterocycles. The van der Waals surface area contributed by atoms with E-state index < -0.39 is 23.6 Å². The first-order chi connectivity index (χ1) is 12.3. The second-order valence-corrected chi connectivity index (χ2v) is 6.36. The van der Waals surface area contributed by atoms with Gasteiger partial charge in [0.2, 0.25) is 0 Å². The molecule has 0 saturated carbocycles. The highest BCUT2D eigenvalue weighted by atomic mass is 32.1. The van der Waals surface area contributed by atoms with Gasteiger partial charge in [-0.2, -0.15) is 0 Å². The lowest BCUT2D eigenvalue weighted by Gasteiger charge is -2.15. The molecule has 5 nitrogen and oxygen atoms in total. The number of hydrogen-bond acceptors (Lipinski definition) is 3. The van der Waals surface area contributed by atoms with Crippen LogP contribution in [-0.4, -0.2) is 21.9 Å². The molecular weight excluding hydrogens is 360 g/mol. The first-order valence-electron chi connectivity index (χ1n) is 7.85. The van der Waals surface area contributed by atoms with Crippen LogP contribution in [-0.2, 0) is 6.42 Å².